The Morgan fingerprint density at radius 2 is 2.00 bits per heavy atom. The van der Waals surface area contributed by atoms with Crippen molar-refractivity contribution < 1.29 is 14.0 Å². The van der Waals surface area contributed by atoms with Gasteiger partial charge in [-0.2, -0.15) is 0 Å². The van der Waals surface area contributed by atoms with Crippen LogP contribution in [-0.4, -0.2) is 40.8 Å². The van der Waals surface area contributed by atoms with Gasteiger partial charge in [-0.05, 0) is 49.7 Å². The second-order valence-electron chi connectivity index (χ2n) is 7.30. The van der Waals surface area contributed by atoms with Crippen LogP contribution in [0, 0.1) is 10.8 Å². The van der Waals surface area contributed by atoms with E-state index < -0.39 is 0 Å². The van der Waals surface area contributed by atoms with E-state index in [1.54, 1.807) is 18.2 Å². The third-order valence-corrected chi connectivity index (χ3v) is 5.66. The number of hydrogen-bond acceptors (Lipinski definition) is 4. The number of carbonyl (C=O) groups is 2. The van der Waals surface area contributed by atoms with Crippen LogP contribution in [0.3, 0.4) is 0 Å². The summed E-state index contributed by atoms with van der Waals surface area (Å²) in [7, 11) is 0. The van der Waals surface area contributed by atoms with Gasteiger partial charge in [-0.3, -0.25) is 9.59 Å². The van der Waals surface area contributed by atoms with Gasteiger partial charge in [0, 0.05) is 30.6 Å². The molecule has 2 aliphatic rings. The molecular weight excluding hydrogens is 350 g/mol. The van der Waals surface area contributed by atoms with Gasteiger partial charge < -0.3 is 19.6 Å². The Kier molecular flexibility index (Phi) is 4.80. The van der Waals surface area contributed by atoms with Crippen molar-refractivity contribution >= 4 is 35.1 Å². The van der Waals surface area contributed by atoms with Crippen LogP contribution in [0.25, 0.3) is 11.1 Å². The first kappa shape index (κ1) is 17.3. The summed E-state index contributed by atoms with van der Waals surface area (Å²) >= 11 is 4.97. The summed E-state index contributed by atoms with van der Waals surface area (Å²) in [5.74, 6) is 0.307. The van der Waals surface area contributed by atoms with Crippen LogP contribution in [0.1, 0.15) is 48.9 Å². The zero-order valence-corrected chi connectivity index (χ0v) is 15.4. The number of nitrogens with one attached hydrogen (secondary N) is 2. The van der Waals surface area contributed by atoms with Crippen LogP contribution >= 0.6 is 12.2 Å². The van der Waals surface area contributed by atoms with Crippen molar-refractivity contribution in [2.45, 2.75) is 44.6 Å². The van der Waals surface area contributed by atoms with Gasteiger partial charge in [0.15, 0.2) is 5.58 Å². The molecule has 138 valence electrons. The van der Waals surface area contributed by atoms with Crippen LogP contribution < -0.4 is 5.32 Å². The minimum atomic E-state index is -0.147. The van der Waals surface area contributed by atoms with Gasteiger partial charge in [0.05, 0.1) is 5.52 Å². The Morgan fingerprint density at radius 1 is 1.19 bits per heavy atom. The molecule has 1 saturated heterocycles. The molecule has 1 aliphatic carbocycles. The number of hydrogen-bond donors (Lipinski definition) is 2. The van der Waals surface area contributed by atoms with Crippen molar-refractivity contribution in [3.63, 3.8) is 0 Å². The van der Waals surface area contributed by atoms with Gasteiger partial charge in [-0.25, -0.2) is 0 Å². The van der Waals surface area contributed by atoms with E-state index in [0.29, 0.717) is 22.5 Å². The minimum Gasteiger partial charge on any atom is -0.429 e. The number of likely N-dealkylation sites (tertiary alicyclic amines) is 1. The molecule has 1 aliphatic heterocycles. The largest absolute Gasteiger partial charge is 0.429 e. The van der Waals surface area contributed by atoms with Crippen molar-refractivity contribution in [2.24, 2.45) is 5.92 Å². The van der Waals surface area contributed by atoms with Crippen molar-refractivity contribution in [3.05, 3.63) is 28.6 Å². The summed E-state index contributed by atoms with van der Waals surface area (Å²) in [6, 6.07) is 5.23. The summed E-state index contributed by atoms with van der Waals surface area (Å²) in [6.07, 6.45) is 6.38. The molecule has 7 heteroatoms. The fraction of sp³-hybridized carbons (Fsp3) is 0.526. The van der Waals surface area contributed by atoms with Gasteiger partial charge in [0.1, 0.15) is 0 Å². The normalized spacial score (nSPS) is 21.2. The molecule has 0 radical (unpaired) electrons. The maximum absolute atomic E-state index is 12.6. The van der Waals surface area contributed by atoms with Crippen LogP contribution in [0.2, 0.25) is 0 Å². The van der Waals surface area contributed by atoms with Crippen LogP contribution in [-0.2, 0) is 4.79 Å². The molecular formula is C19H23N3O3S. The highest BCUT2D eigenvalue weighted by molar-refractivity contribution is 7.71. The lowest BCUT2D eigenvalue weighted by Gasteiger charge is -2.26. The third kappa shape index (κ3) is 3.53. The Hall–Kier alpha value is -2.15. The van der Waals surface area contributed by atoms with Crippen LogP contribution in [0.15, 0.2) is 22.6 Å². The first-order chi connectivity index (χ1) is 12.6. The standard InChI is InChI=1S/C19H23N3O3S/c23-17(13-6-7-15-16(10-13)25-19(26)21-15)20-14-8-9-22(11-14)18(24)12-4-2-1-3-5-12/h6-7,10,12,14H,1-5,8-9,11H2,(H,20,23)(H,21,26)/t14-/m0/s1. The Balaban J connectivity index is 1.37. The highest BCUT2D eigenvalue weighted by Gasteiger charge is 2.32. The lowest BCUT2D eigenvalue weighted by atomic mass is 9.88. The van der Waals surface area contributed by atoms with Gasteiger partial charge >= 0.3 is 0 Å². The van der Waals surface area contributed by atoms with E-state index in [9.17, 15) is 9.59 Å². The van der Waals surface area contributed by atoms with E-state index in [0.717, 1.165) is 44.2 Å². The number of amides is 2. The lowest BCUT2D eigenvalue weighted by Crippen LogP contribution is -2.40. The molecule has 1 atom stereocenters. The number of aromatic nitrogens is 1. The zero-order valence-electron chi connectivity index (χ0n) is 14.6. The third-order valence-electron chi connectivity index (χ3n) is 5.47. The van der Waals surface area contributed by atoms with Crippen molar-refractivity contribution in [3.8, 4) is 0 Å². The van der Waals surface area contributed by atoms with E-state index in [-0.39, 0.29) is 23.8 Å². The summed E-state index contributed by atoms with van der Waals surface area (Å²) in [6.45, 7) is 1.33. The average molecular weight is 373 g/mol. The molecule has 4 rings (SSSR count). The SMILES string of the molecule is O=C(N[C@H]1CCN(C(=O)C2CCCCC2)C1)c1ccc2[nH]c(=S)oc2c1. The quantitative estimate of drug-likeness (QED) is 0.808. The summed E-state index contributed by atoms with van der Waals surface area (Å²) < 4.78 is 5.37. The number of carbonyl (C=O) groups excluding carboxylic acids is 2. The molecule has 2 N–H and O–H groups in total. The van der Waals surface area contributed by atoms with Gasteiger partial charge in [0.25, 0.3) is 10.7 Å². The van der Waals surface area contributed by atoms with Crippen molar-refractivity contribution in [2.75, 3.05) is 13.1 Å². The zero-order chi connectivity index (χ0) is 18.1. The molecule has 6 nitrogen and oxygen atoms in total. The average Bonchev–Trinajstić information content (AvgIpc) is 3.26. The second-order valence-corrected chi connectivity index (χ2v) is 7.67. The highest BCUT2D eigenvalue weighted by Crippen LogP contribution is 2.27. The molecule has 0 bridgehead atoms. The molecule has 2 amide bonds. The van der Waals surface area contributed by atoms with E-state index in [1.165, 1.54) is 6.42 Å². The lowest BCUT2D eigenvalue weighted by molar-refractivity contribution is -0.135. The number of benzene rings is 1. The second kappa shape index (κ2) is 7.23. The predicted molar refractivity (Wildman–Crippen MR) is 100 cm³/mol. The minimum absolute atomic E-state index is 0.00316. The van der Waals surface area contributed by atoms with Crippen LogP contribution in [0.4, 0.5) is 0 Å². The van der Waals surface area contributed by atoms with Crippen molar-refractivity contribution in [1.82, 2.24) is 15.2 Å². The first-order valence-electron chi connectivity index (χ1n) is 9.33. The molecule has 0 unspecified atom stereocenters. The van der Waals surface area contributed by atoms with Gasteiger partial charge in [-0.15, -0.1) is 0 Å². The molecule has 1 aromatic heterocycles. The Bertz CT molecular complexity index is 882. The monoisotopic (exact) mass is 373 g/mol. The summed E-state index contributed by atoms with van der Waals surface area (Å²) in [5, 5.41) is 3.04. The summed E-state index contributed by atoms with van der Waals surface area (Å²) in [4.78, 5) is 30.3. The molecule has 1 saturated carbocycles. The fourth-order valence-corrected chi connectivity index (χ4v) is 4.24. The fourth-order valence-electron chi connectivity index (χ4n) is 4.04. The Labute approximate surface area is 156 Å². The van der Waals surface area contributed by atoms with Gasteiger partial charge in [-0.1, -0.05) is 19.3 Å². The maximum Gasteiger partial charge on any atom is 0.266 e. The number of oxazole rings is 1. The number of aromatic amines is 1. The Morgan fingerprint density at radius 3 is 2.81 bits per heavy atom. The number of nitrogens with zero attached hydrogens (tertiary/aromatic N) is 1. The molecule has 2 fully saturated rings. The molecule has 2 aromatic rings. The van der Waals surface area contributed by atoms with E-state index in [1.807, 2.05) is 4.90 Å². The highest BCUT2D eigenvalue weighted by atomic mass is 32.1. The predicted octanol–water partition coefficient (Wildman–Crippen LogP) is 3.40. The van der Waals surface area contributed by atoms with E-state index >= 15 is 0 Å². The molecule has 0 spiro atoms. The smallest absolute Gasteiger partial charge is 0.266 e. The summed E-state index contributed by atoms with van der Waals surface area (Å²) in [5.41, 5.74) is 1.88. The van der Waals surface area contributed by atoms with Crippen molar-refractivity contribution in [1.29, 1.82) is 0 Å². The molecule has 1 aromatic carbocycles. The number of fused-ring (bicyclic) bond motifs is 1. The first-order valence-corrected chi connectivity index (χ1v) is 9.73. The topological polar surface area (TPSA) is 78.3 Å². The van der Waals surface area contributed by atoms with Crippen LogP contribution in [0.5, 0.6) is 0 Å². The number of rotatable bonds is 3. The van der Waals surface area contributed by atoms with Gasteiger partial charge in [0.2, 0.25) is 5.91 Å². The van der Waals surface area contributed by atoms with E-state index in [2.05, 4.69) is 10.3 Å². The molecule has 26 heavy (non-hydrogen) atoms. The number of H-pyrrole nitrogens is 1. The molecule has 2 heterocycles. The maximum atomic E-state index is 12.6. The van der Waals surface area contributed by atoms with E-state index in [4.69, 9.17) is 16.6 Å².